The van der Waals surface area contributed by atoms with Gasteiger partial charge in [-0.15, -0.1) is 0 Å². The average molecular weight is 300 g/mol. The summed E-state index contributed by atoms with van der Waals surface area (Å²) in [5, 5.41) is 9.55. The lowest BCUT2D eigenvalue weighted by Gasteiger charge is -2.37. The number of nitrogens with zero attached hydrogens (tertiary/aromatic N) is 4. The van der Waals surface area contributed by atoms with Gasteiger partial charge in [-0.25, -0.2) is 0 Å². The molecule has 118 valence electrons. The van der Waals surface area contributed by atoms with E-state index >= 15 is 0 Å². The smallest absolute Gasteiger partial charge is 0.222 e. The number of aromatic nitrogens is 1. The molecule has 2 rings (SSSR count). The molecule has 0 saturated carbocycles. The van der Waals surface area contributed by atoms with E-state index in [4.69, 9.17) is 0 Å². The van der Waals surface area contributed by atoms with Crippen LogP contribution in [0.25, 0.3) is 0 Å². The number of nitriles is 1. The highest BCUT2D eigenvalue weighted by Crippen LogP contribution is 2.23. The van der Waals surface area contributed by atoms with E-state index in [2.05, 4.69) is 29.8 Å². The molecule has 0 bridgehead atoms. The second-order valence-electron chi connectivity index (χ2n) is 6.22. The molecular weight excluding hydrogens is 276 g/mol. The second kappa shape index (κ2) is 7.37. The summed E-state index contributed by atoms with van der Waals surface area (Å²) in [5.74, 6) is 0.608. The zero-order valence-corrected chi connectivity index (χ0v) is 13.6. The van der Waals surface area contributed by atoms with E-state index in [-0.39, 0.29) is 11.9 Å². The summed E-state index contributed by atoms with van der Waals surface area (Å²) in [4.78, 5) is 20.4. The summed E-state index contributed by atoms with van der Waals surface area (Å²) in [7, 11) is 0. The Morgan fingerprint density at radius 1 is 1.36 bits per heavy atom. The number of hydrogen-bond donors (Lipinski definition) is 0. The van der Waals surface area contributed by atoms with Gasteiger partial charge in [0.1, 0.15) is 6.04 Å². The fraction of sp³-hybridized carbons (Fsp3) is 0.588. The minimum Gasteiger partial charge on any atom is -0.340 e. The number of pyridine rings is 1. The van der Waals surface area contributed by atoms with Crippen molar-refractivity contribution >= 4 is 5.91 Å². The summed E-state index contributed by atoms with van der Waals surface area (Å²) in [6.45, 7) is 8.91. The van der Waals surface area contributed by atoms with Gasteiger partial charge in [0.15, 0.2) is 0 Å². The lowest BCUT2D eigenvalue weighted by Crippen LogP contribution is -2.49. The van der Waals surface area contributed by atoms with Gasteiger partial charge in [0.2, 0.25) is 5.91 Å². The Balaban J connectivity index is 2.00. The Kier molecular flexibility index (Phi) is 5.51. The molecule has 0 spiro atoms. The van der Waals surface area contributed by atoms with E-state index in [0.29, 0.717) is 25.4 Å². The molecule has 0 N–H and O–H groups in total. The summed E-state index contributed by atoms with van der Waals surface area (Å²) < 4.78 is 0. The van der Waals surface area contributed by atoms with Gasteiger partial charge >= 0.3 is 0 Å². The van der Waals surface area contributed by atoms with E-state index in [1.807, 2.05) is 24.0 Å². The molecule has 1 aliphatic heterocycles. The largest absolute Gasteiger partial charge is 0.340 e. The van der Waals surface area contributed by atoms with Crippen LogP contribution in [-0.4, -0.2) is 46.9 Å². The molecule has 2 heterocycles. The summed E-state index contributed by atoms with van der Waals surface area (Å²) in [5.41, 5.74) is 1.86. The monoisotopic (exact) mass is 300 g/mol. The third kappa shape index (κ3) is 3.83. The summed E-state index contributed by atoms with van der Waals surface area (Å²) >= 11 is 0. The molecule has 1 amide bonds. The van der Waals surface area contributed by atoms with Crippen molar-refractivity contribution in [3.05, 3.63) is 29.6 Å². The first-order valence-corrected chi connectivity index (χ1v) is 7.86. The minimum absolute atomic E-state index is 0.223. The van der Waals surface area contributed by atoms with Crippen LogP contribution < -0.4 is 0 Å². The predicted molar refractivity (Wildman–Crippen MR) is 84.9 cm³/mol. The number of carbonyl (C=O) groups excluding carboxylic acids is 1. The molecule has 1 atom stereocenters. The average Bonchev–Trinajstić information content (AvgIpc) is 2.50. The van der Waals surface area contributed by atoms with E-state index in [0.717, 1.165) is 24.3 Å². The highest BCUT2D eigenvalue weighted by molar-refractivity contribution is 5.76. The van der Waals surface area contributed by atoms with E-state index in [1.165, 1.54) is 0 Å². The molecule has 5 heteroatoms. The SMILES string of the molecule is Cc1ncccc1C(C#N)N1CCN(C(=O)CC(C)C)CC1. The van der Waals surface area contributed by atoms with E-state index in [9.17, 15) is 10.1 Å². The molecular formula is C17H24N4O. The quantitative estimate of drug-likeness (QED) is 0.855. The lowest BCUT2D eigenvalue weighted by atomic mass is 10.0. The van der Waals surface area contributed by atoms with Gasteiger partial charge in [-0.1, -0.05) is 19.9 Å². The van der Waals surface area contributed by atoms with Gasteiger partial charge in [-0.3, -0.25) is 14.7 Å². The molecule has 0 aliphatic carbocycles. The molecule has 1 unspecified atom stereocenters. The molecule has 22 heavy (non-hydrogen) atoms. The number of rotatable bonds is 4. The zero-order chi connectivity index (χ0) is 16.1. The maximum absolute atomic E-state index is 12.1. The van der Waals surface area contributed by atoms with Crippen LogP contribution >= 0.6 is 0 Å². The Morgan fingerprint density at radius 3 is 2.59 bits per heavy atom. The highest BCUT2D eigenvalue weighted by atomic mass is 16.2. The van der Waals surface area contributed by atoms with Gasteiger partial charge in [-0.2, -0.15) is 5.26 Å². The van der Waals surface area contributed by atoms with Crippen LogP contribution in [0.1, 0.15) is 37.6 Å². The molecule has 1 fully saturated rings. The molecule has 0 radical (unpaired) electrons. The molecule has 1 aromatic heterocycles. The van der Waals surface area contributed by atoms with Gasteiger partial charge in [0.05, 0.1) is 6.07 Å². The van der Waals surface area contributed by atoms with Crippen LogP contribution in [0.3, 0.4) is 0 Å². The normalized spacial score (nSPS) is 17.3. The van der Waals surface area contributed by atoms with Crippen molar-refractivity contribution in [1.82, 2.24) is 14.8 Å². The topological polar surface area (TPSA) is 60.2 Å². The standard InChI is InChI=1S/C17H24N4O/c1-13(2)11-17(22)21-9-7-20(8-10-21)16(12-18)15-5-4-6-19-14(15)3/h4-6,13,16H,7-11H2,1-3H3. The molecule has 1 aromatic rings. The number of carbonyl (C=O) groups is 1. The first-order chi connectivity index (χ1) is 10.5. The third-order valence-electron chi connectivity index (χ3n) is 4.08. The number of hydrogen-bond acceptors (Lipinski definition) is 4. The van der Waals surface area contributed by atoms with Crippen molar-refractivity contribution in [3.8, 4) is 6.07 Å². The van der Waals surface area contributed by atoms with Crippen LogP contribution in [0.15, 0.2) is 18.3 Å². The predicted octanol–water partition coefficient (Wildman–Crippen LogP) is 2.14. The van der Waals surface area contributed by atoms with Crippen LogP contribution in [-0.2, 0) is 4.79 Å². The Bertz CT molecular complexity index is 556. The van der Waals surface area contributed by atoms with Crippen molar-refractivity contribution in [3.63, 3.8) is 0 Å². The van der Waals surface area contributed by atoms with Crippen molar-refractivity contribution in [2.24, 2.45) is 5.92 Å². The Labute approximate surface area is 132 Å². The lowest BCUT2D eigenvalue weighted by molar-refractivity contribution is -0.133. The van der Waals surface area contributed by atoms with Crippen molar-refractivity contribution in [2.45, 2.75) is 33.2 Å². The molecule has 5 nitrogen and oxygen atoms in total. The first kappa shape index (κ1) is 16.4. The summed E-state index contributed by atoms with van der Waals surface area (Å²) in [6.07, 6.45) is 2.35. The summed E-state index contributed by atoms with van der Waals surface area (Å²) in [6, 6.07) is 5.94. The fourth-order valence-corrected chi connectivity index (χ4v) is 2.84. The molecule has 0 aromatic carbocycles. The minimum atomic E-state index is -0.281. The maximum atomic E-state index is 12.1. The number of piperazine rings is 1. The van der Waals surface area contributed by atoms with Gasteiger partial charge in [-0.05, 0) is 18.9 Å². The van der Waals surface area contributed by atoms with E-state index < -0.39 is 0 Å². The van der Waals surface area contributed by atoms with Crippen LogP contribution in [0.4, 0.5) is 0 Å². The van der Waals surface area contributed by atoms with Crippen molar-refractivity contribution in [2.75, 3.05) is 26.2 Å². The number of amides is 1. The Morgan fingerprint density at radius 2 is 2.05 bits per heavy atom. The zero-order valence-electron chi connectivity index (χ0n) is 13.6. The van der Waals surface area contributed by atoms with Gasteiger partial charge in [0, 0.05) is 50.1 Å². The van der Waals surface area contributed by atoms with E-state index in [1.54, 1.807) is 6.20 Å². The maximum Gasteiger partial charge on any atom is 0.222 e. The van der Waals surface area contributed by atoms with Gasteiger partial charge < -0.3 is 4.90 Å². The van der Waals surface area contributed by atoms with Crippen molar-refractivity contribution < 1.29 is 4.79 Å². The Hall–Kier alpha value is -1.93. The fourth-order valence-electron chi connectivity index (χ4n) is 2.84. The van der Waals surface area contributed by atoms with Crippen LogP contribution in [0.5, 0.6) is 0 Å². The van der Waals surface area contributed by atoms with Gasteiger partial charge in [0.25, 0.3) is 0 Å². The van der Waals surface area contributed by atoms with Crippen molar-refractivity contribution in [1.29, 1.82) is 5.26 Å². The van der Waals surface area contributed by atoms with Crippen LogP contribution in [0, 0.1) is 24.2 Å². The molecule has 1 saturated heterocycles. The highest BCUT2D eigenvalue weighted by Gasteiger charge is 2.28. The molecule has 1 aliphatic rings. The third-order valence-corrected chi connectivity index (χ3v) is 4.08. The first-order valence-electron chi connectivity index (χ1n) is 7.86. The van der Waals surface area contributed by atoms with Crippen LogP contribution in [0.2, 0.25) is 0 Å². The number of aryl methyl sites for hydroxylation is 1. The second-order valence-corrected chi connectivity index (χ2v) is 6.22.